The van der Waals surface area contributed by atoms with E-state index in [2.05, 4.69) is 40.9 Å². The highest BCUT2D eigenvalue weighted by Crippen LogP contribution is 2.40. The Kier molecular flexibility index (Phi) is 3.90. The fourth-order valence-electron chi connectivity index (χ4n) is 2.27. The summed E-state index contributed by atoms with van der Waals surface area (Å²) in [6.07, 6.45) is 1.76. The summed E-state index contributed by atoms with van der Waals surface area (Å²) in [5.74, 6) is 0.535. The zero-order valence-corrected chi connectivity index (χ0v) is 13.1. The Morgan fingerprint density at radius 1 is 1.29 bits per heavy atom. The molecule has 5 heteroatoms. The predicted octanol–water partition coefficient (Wildman–Crippen LogP) is 4.92. The third kappa shape index (κ3) is 2.64. The first-order valence-corrected chi connectivity index (χ1v) is 7.77. The average Bonchev–Trinajstić information content (AvgIpc) is 2.82. The molecule has 0 fully saturated rings. The number of halogens is 1. The van der Waals surface area contributed by atoms with Crippen molar-refractivity contribution >= 4 is 39.1 Å². The highest BCUT2D eigenvalue weighted by molar-refractivity contribution is 7.19. The van der Waals surface area contributed by atoms with Crippen molar-refractivity contribution in [2.75, 3.05) is 11.9 Å². The second-order valence-corrected chi connectivity index (χ2v) is 6.15. The molecule has 106 valence electrons. The van der Waals surface area contributed by atoms with E-state index in [1.807, 2.05) is 18.2 Å². The molecule has 3 aromatic rings. The van der Waals surface area contributed by atoms with Crippen LogP contribution in [0.5, 0.6) is 0 Å². The Morgan fingerprint density at radius 2 is 2.05 bits per heavy atom. The molecule has 0 atom stereocenters. The lowest BCUT2D eigenvalue weighted by Gasteiger charge is -2.05. The molecule has 0 aliphatic heterocycles. The van der Waals surface area contributed by atoms with Gasteiger partial charge in [-0.2, -0.15) is 0 Å². The van der Waals surface area contributed by atoms with Crippen molar-refractivity contribution in [3.63, 3.8) is 0 Å². The SMILES string of the molecule is C=CCNc1nc(Cl)c2c(-c3ccccc3)c(C)sc2n1. The van der Waals surface area contributed by atoms with E-state index in [4.69, 9.17) is 11.6 Å². The number of nitrogens with zero attached hydrogens (tertiary/aromatic N) is 2. The van der Waals surface area contributed by atoms with E-state index >= 15 is 0 Å². The zero-order chi connectivity index (χ0) is 14.8. The summed E-state index contributed by atoms with van der Waals surface area (Å²) < 4.78 is 0. The van der Waals surface area contributed by atoms with Gasteiger partial charge in [0.25, 0.3) is 0 Å². The second kappa shape index (κ2) is 5.84. The van der Waals surface area contributed by atoms with Crippen molar-refractivity contribution < 1.29 is 0 Å². The van der Waals surface area contributed by atoms with Crippen LogP contribution in [-0.4, -0.2) is 16.5 Å². The molecule has 0 unspecified atom stereocenters. The number of hydrogen-bond donors (Lipinski definition) is 1. The highest BCUT2D eigenvalue weighted by atomic mass is 35.5. The molecule has 1 aromatic carbocycles. The molecule has 2 aromatic heterocycles. The minimum Gasteiger partial charge on any atom is -0.351 e. The first-order valence-electron chi connectivity index (χ1n) is 6.57. The largest absolute Gasteiger partial charge is 0.351 e. The van der Waals surface area contributed by atoms with Crippen LogP contribution in [0.2, 0.25) is 5.15 Å². The van der Waals surface area contributed by atoms with Crippen molar-refractivity contribution in [3.05, 3.63) is 53.0 Å². The van der Waals surface area contributed by atoms with Gasteiger partial charge in [-0.25, -0.2) is 9.97 Å². The lowest BCUT2D eigenvalue weighted by atomic mass is 10.0. The van der Waals surface area contributed by atoms with E-state index in [-0.39, 0.29) is 0 Å². The van der Waals surface area contributed by atoms with Crippen LogP contribution in [-0.2, 0) is 0 Å². The Hall–Kier alpha value is -1.91. The molecule has 0 aliphatic carbocycles. The van der Waals surface area contributed by atoms with E-state index in [1.54, 1.807) is 17.4 Å². The van der Waals surface area contributed by atoms with Gasteiger partial charge in [0.1, 0.15) is 9.98 Å². The van der Waals surface area contributed by atoms with Crippen LogP contribution in [0.3, 0.4) is 0 Å². The lowest BCUT2D eigenvalue weighted by molar-refractivity contribution is 1.16. The number of fused-ring (bicyclic) bond motifs is 1. The number of benzene rings is 1. The lowest BCUT2D eigenvalue weighted by Crippen LogP contribution is -2.02. The molecule has 3 nitrogen and oxygen atoms in total. The monoisotopic (exact) mass is 315 g/mol. The van der Waals surface area contributed by atoms with E-state index in [0.29, 0.717) is 17.6 Å². The summed E-state index contributed by atoms with van der Waals surface area (Å²) >= 11 is 8.03. The third-order valence-electron chi connectivity index (χ3n) is 3.15. The highest BCUT2D eigenvalue weighted by Gasteiger charge is 2.17. The molecule has 0 saturated carbocycles. The van der Waals surface area contributed by atoms with Crippen LogP contribution < -0.4 is 5.32 Å². The molecular formula is C16H14ClN3S. The van der Waals surface area contributed by atoms with Crippen LogP contribution in [0.1, 0.15) is 4.88 Å². The summed E-state index contributed by atoms with van der Waals surface area (Å²) in [7, 11) is 0. The molecule has 2 heterocycles. The molecule has 0 radical (unpaired) electrons. The number of aryl methyl sites for hydroxylation is 1. The second-order valence-electron chi connectivity index (χ2n) is 4.59. The molecule has 0 bridgehead atoms. The number of aromatic nitrogens is 2. The molecule has 21 heavy (non-hydrogen) atoms. The minimum absolute atomic E-state index is 0.481. The van der Waals surface area contributed by atoms with Crippen LogP contribution >= 0.6 is 22.9 Å². The molecule has 3 rings (SSSR count). The van der Waals surface area contributed by atoms with Crippen molar-refractivity contribution in [2.24, 2.45) is 0 Å². The smallest absolute Gasteiger partial charge is 0.225 e. The molecule has 0 spiro atoms. The quantitative estimate of drug-likeness (QED) is 0.548. The van der Waals surface area contributed by atoms with Crippen molar-refractivity contribution in [1.82, 2.24) is 9.97 Å². The van der Waals surface area contributed by atoms with Gasteiger partial charge in [0, 0.05) is 17.0 Å². The normalized spacial score (nSPS) is 10.8. The van der Waals surface area contributed by atoms with E-state index < -0.39 is 0 Å². The maximum absolute atomic E-state index is 6.40. The first kappa shape index (κ1) is 14.0. The maximum Gasteiger partial charge on any atom is 0.225 e. The van der Waals surface area contributed by atoms with Gasteiger partial charge in [-0.05, 0) is 12.5 Å². The third-order valence-corrected chi connectivity index (χ3v) is 4.42. The van der Waals surface area contributed by atoms with Crippen molar-refractivity contribution in [3.8, 4) is 11.1 Å². The number of thiophene rings is 1. The van der Waals surface area contributed by atoms with Crippen LogP contribution in [0.4, 0.5) is 5.95 Å². The number of rotatable bonds is 4. The molecule has 0 amide bonds. The first-order chi connectivity index (χ1) is 10.2. The molecular weight excluding hydrogens is 302 g/mol. The number of anilines is 1. The number of nitrogens with one attached hydrogen (secondary N) is 1. The summed E-state index contributed by atoms with van der Waals surface area (Å²) in [6, 6.07) is 10.2. The maximum atomic E-state index is 6.40. The Balaban J connectivity index is 2.19. The van der Waals surface area contributed by atoms with Crippen molar-refractivity contribution in [1.29, 1.82) is 0 Å². The van der Waals surface area contributed by atoms with E-state index in [9.17, 15) is 0 Å². The standard InChI is InChI=1S/C16H14ClN3S/c1-3-9-18-16-19-14(17)13-12(10(2)21-15(13)20-16)11-7-5-4-6-8-11/h3-8H,1,9H2,2H3,(H,18,19,20). The molecule has 0 saturated heterocycles. The topological polar surface area (TPSA) is 37.8 Å². The van der Waals surface area contributed by atoms with Gasteiger partial charge in [-0.3, -0.25) is 0 Å². The summed E-state index contributed by atoms with van der Waals surface area (Å²) in [5.41, 5.74) is 2.26. The Bertz CT molecular complexity index is 796. The van der Waals surface area contributed by atoms with E-state index in [0.717, 1.165) is 21.3 Å². The van der Waals surface area contributed by atoms with Crippen LogP contribution in [0.25, 0.3) is 21.3 Å². The summed E-state index contributed by atoms with van der Waals surface area (Å²) in [5, 5.41) is 4.48. The average molecular weight is 316 g/mol. The zero-order valence-electron chi connectivity index (χ0n) is 11.6. The van der Waals surface area contributed by atoms with Gasteiger partial charge in [0.15, 0.2) is 0 Å². The van der Waals surface area contributed by atoms with Gasteiger partial charge in [0.05, 0.1) is 5.39 Å². The van der Waals surface area contributed by atoms with Gasteiger partial charge in [0.2, 0.25) is 5.95 Å². The van der Waals surface area contributed by atoms with Gasteiger partial charge < -0.3 is 5.32 Å². The van der Waals surface area contributed by atoms with Crippen LogP contribution in [0, 0.1) is 6.92 Å². The van der Waals surface area contributed by atoms with E-state index in [1.165, 1.54) is 4.88 Å². The fourth-order valence-corrected chi connectivity index (χ4v) is 3.63. The number of hydrogen-bond acceptors (Lipinski definition) is 4. The van der Waals surface area contributed by atoms with Gasteiger partial charge in [-0.1, -0.05) is 48.0 Å². The Morgan fingerprint density at radius 3 is 2.76 bits per heavy atom. The van der Waals surface area contributed by atoms with Crippen molar-refractivity contribution in [2.45, 2.75) is 6.92 Å². The molecule has 0 aliphatic rings. The summed E-state index contributed by atoms with van der Waals surface area (Å²) in [4.78, 5) is 11.0. The summed E-state index contributed by atoms with van der Waals surface area (Å²) in [6.45, 7) is 6.36. The Labute approximate surface area is 132 Å². The van der Waals surface area contributed by atoms with Gasteiger partial charge in [-0.15, -0.1) is 17.9 Å². The fraction of sp³-hybridized carbons (Fsp3) is 0.125. The molecule has 1 N–H and O–H groups in total. The predicted molar refractivity (Wildman–Crippen MR) is 91.3 cm³/mol. The van der Waals surface area contributed by atoms with Crippen LogP contribution in [0.15, 0.2) is 43.0 Å². The minimum atomic E-state index is 0.481. The van der Waals surface area contributed by atoms with Gasteiger partial charge >= 0.3 is 0 Å².